The van der Waals surface area contributed by atoms with E-state index in [-0.39, 0.29) is 29.5 Å². The fourth-order valence-electron chi connectivity index (χ4n) is 3.63. The summed E-state index contributed by atoms with van der Waals surface area (Å²) in [5, 5.41) is 3.36. The van der Waals surface area contributed by atoms with Crippen molar-refractivity contribution in [3.05, 3.63) is 71.0 Å². The molecule has 23 heavy (non-hydrogen) atoms. The predicted octanol–water partition coefficient (Wildman–Crippen LogP) is 4.02. The standard InChI is InChI=1S/C20H22FNO/c1-13(14-7-9-17(21)10-8-14)19(23)12-16-11-15-5-3-4-6-18(15)20(16)22-2/h3-10,13,16,20,22H,11-12H2,1-2H3/t13-,16-,20-/m0/s1. The monoisotopic (exact) mass is 311 g/mol. The van der Waals surface area contributed by atoms with Gasteiger partial charge in [0, 0.05) is 18.4 Å². The lowest BCUT2D eigenvalue weighted by Crippen LogP contribution is -2.25. The lowest BCUT2D eigenvalue weighted by atomic mass is 9.87. The Kier molecular flexibility index (Phi) is 4.58. The third-order valence-corrected chi connectivity index (χ3v) is 4.97. The molecule has 0 spiro atoms. The van der Waals surface area contributed by atoms with E-state index in [0.717, 1.165) is 12.0 Å². The summed E-state index contributed by atoms with van der Waals surface area (Å²) in [5.41, 5.74) is 3.52. The first kappa shape index (κ1) is 15.9. The van der Waals surface area contributed by atoms with Crippen molar-refractivity contribution in [1.29, 1.82) is 0 Å². The molecule has 0 radical (unpaired) electrons. The molecule has 3 atom stereocenters. The first-order chi connectivity index (χ1) is 11.1. The number of halogens is 1. The van der Waals surface area contributed by atoms with Gasteiger partial charge in [-0.1, -0.05) is 43.3 Å². The SMILES string of the molecule is CN[C@@H]1c2ccccc2C[C@H]1CC(=O)[C@@H](C)c1ccc(F)cc1. The van der Waals surface area contributed by atoms with Gasteiger partial charge in [0.2, 0.25) is 0 Å². The number of hydrogen-bond acceptors (Lipinski definition) is 2. The molecule has 0 bridgehead atoms. The Morgan fingerprint density at radius 3 is 2.61 bits per heavy atom. The zero-order chi connectivity index (χ0) is 16.4. The predicted molar refractivity (Wildman–Crippen MR) is 89.9 cm³/mol. The Morgan fingerprint density at radius 1 is 1.22 bits per heavy atom. The van der Waals surface area contributed by atoms with E-state index in [4.69, 9.17) is 0 Å². The van der Waals surface area contributed by atoms with Crippen LogP contribution < -0.4 is 5.32 Å². The molecule has 0 saturated heterocycles. The lowest BCUT2D eigenvalue weighted by molar-refractivity contribution is -0.121. The average molecular weight is 311 g/mol. The molecule has 3 heteroatoms. The van der Waals surface area contributed by atoms with E-state index in [1.165, 1.54) is 23.3 Å². The number of Topliss-reactive ketones (excluding diaryl/α,β-unsaturated/α-hetero) is 1. The molecule has 2 aromatic rings. The first-order valence-corrected chi connectivity index (χ1v) is 8.13. The van der Waals surface area contributed by atoms with E-state index in [2.05, 4.69) is 29.6 Å². The zero-order valence-corrected chi connectivity index (χ0v) is 13.6. The topological polar surface area (TPSA) is 29.1 Å². The molecule has 2 nitrogen and oxygen atoms in total. The van der Waals surface area contributed by atoms with Gasteiger partial charge in [-0.3, -0.25) is 4.79 Å². The Morgan fingerprint density at radius 2 is 1.91 bits per heavy atom. The van der Waals surface area contributed by atoms with Crippen molar-refractivity contribution in [2.75, 3.05) is 7.05 Å². The highest BCUT2D eigenvalue weighted by Crippen LogP contribution is 2.38. The van der Waals surface area contributed by atoms with Gasteiger partial charge in [0.1, 0.15) is 11.6 Å². The minimum Gasteiger partial charge on any atom is -0.313 e. The highest BCUT2D eigenvalue weighted by Gasteiger charge is 2.33. The van der Waals surface area contributed by atoms with Gasteiger partial charge >= 0.3 is 0 Å². The molecule has 0 fully saturated rings. The van der Waals surface area contributed by atoms with Gasteiger partial charge < -0.3 is 5.32 Å². The van der Waals surface area contributed by atoms with Crippen molar-refractivity contribution in [3.63, 3.8) is 0 Å². The Hall–Kier alpha value is -2.00. The molecular formula is C20H22FNO. The van der Waals surface area contributed by atoms with Crippen LogP contribution in [-0.2, 0) is 11.2 Å². The average Bonchev–Trinajstić information content (AvgIpc) is 2.91. The minimum atomic E-state index is -0.269. The summed E-state index contributed by atoms with van der Waals surface area (Å²) < 4.78 is 13.0. The molecule has 1 N–H and O–H groups in total. The maximum Gasteiger partial charge on any atom is 0.140 e. The summed E-state index contributed by atoms with van der Waals surface area (Å²) in [6, 6.07) is 14.9. The summed E-state index contributed by atoms with van der Waals surface area (Å²) in [7, 11) is 1.95. The maximum absolute atomic E-state index is 13.0. The van der Waals surface area contributed by atoms with Crippen LogP contribution in [0.5, 0.6) is 0 Å². The van der Waals surface area contributed by atoms with Gasteiger partial charge in [0.25, 0.3) is 0 Å². The second-order valence-electron chi connectivity index (χ2n) is 6.37. The molecule has 0 saturated carbocycles. The molecule has 0 amide bonds. The summed E-state index contributed by atoms with van der Waals surface area (Å²) >= 11 is 0. The van der Waals surface area contributed by atoms with Crippen LogP contribution in [0.3, 0.4) is 0 Å². The first-order valence-electron chi connectivity index (χ1n) is 8.13. The van der Waals surface area contributed by atoms with Gasteiger partial charge in [0.15, 0.2) is 0 Å². The van der Waals surface area contributed by atoms with E-state index < -0.39 is 0 Å². The van der Waals surface area contributed by atoms with E-state index in [9.17, 15) is 9.18 Å². The molecule has 2 aromatic carbocycles. The fourth-order valence-corrected chi connectivity index (χ4v) is 3.63. The minimum absolute atomic E-state index is 0.197. The van der Waals surface area contributed by atoms with Crippen LogP contribution >= 0.6 is 0 Å². The normalized spacial score (nSPS) is 21.0. The number of ketones is 1. The van der Waals surface area contributed by atoms with Crippen LogP contribution in [0.15, 0.2) is 48.5 Å². The van der Waals surface area contributed by atoms with Crippen molar-refractivity contribution >= 4 is 5.78 Å². The second-order valence-corrected chi connectivity index (χ2v) is 6.37. The molecular weight excluding hydrogens is 289 g/mol. The molecule has 120 valence electrons. The molecule has 1 aliphatic carbocycles. The smallest absolute Gasteiger partial charge is 0.140 e. The van der Waals surface area contributed by atoms with E-state index in [0.29, 0.717) is 6.42 Å². The lowest BCUT2D eigenvalue weighted by Gasteiger charge is -2.21. The number of fused-ring (bicyclic) bond motifs is 1. The van der Waals surface area contributed by atoms with Crippen LogP contribution in [0.4, 0.5) is 4.39 Å². The van der Waals surface area contributed by atoms with Crippen LogP contribution in [0, 0.1) is 11.7 Å². The Balaban J connectivity index is 1.72. The summed E-state index contributed by atoms with van der Waals surface area (Å²) in [6.07, 6.45) is 1.47. The Labute approximate surface area is 136 Å². The molecule has 1 aliphatic rings. The van der Waals surface area contributed by atoms with Crippen molar-refractivity contribution < 1.29 is 9.18 Å². The third-order valence-electron chi connectivity index (χ3n) is 4.97. The Bertz CT molecular complexity index is 695. The zero-order valence-electron chi connectivity index (χ0n) is 13.6. The fraction of sp³-hybridized carbons (Fsp3) is 0.350. The number of carbonyl (C=O) groups is 1. The van der Waals surface area contributed by atoms with E-state index >= 15 is 0 Å². The molecule has 0 unspecified atom stereocenters. The molecule has 0 aromatic heterocycles. The second kappa shape index (κ2) is 6.63. The van der Waals surface area contributed by atoms with Crippen molar-refractivity contribution in [1.82, 2.24) is 5.32 Å². The molecule has 3 rings (SSSR count). The van der Waals surface area contributed by atoms with Crippen LogP contribution in [0.2, 0.25) is 0 Å². The summed E-state index contributed by atoms with van der Waals surface area (Å²) in [4.78, 5) is 12.7. The van der Waals surface area contributed by atoms with Gasteiger partial charge in [0.05, 0.1) is 0 Å². The summed E-state index contributed by atoms with van der Waals surface area (Å²) in [6.45, 7) is 1.91. The third kappa shape index (κ3) is 3.20. The van der Waals surface area contributed by atoms with Gasteiger partial charge in [-0.25, -0.2) is 4.39 Å². The number of rotatable bonds is 5. The molecule has 0 aliphatic heterocycles. The van der Waals surface area contributed by atoms with Crippen molar-refractivity contribution in [3.8, 4) is 0 Å². The number of benzene rings is 2. The van der Waals surface area contributed by atoms with Crippen molar-refractivity contribution in [2.45, 2.75) is 31.7 Å². The highest BCUT2D eigenvalue weighted by molar-refractivity contribution is 5.85. The van der Waals surface area contributed by atoms with Gasteiger partial charge in [-0.05, 0) is 48.2 Å². The maximum atomic E-state index is 13.0. The quantitative estimate of drug-likeness (QED) is 0.903. The highest BCUT2D eigenvalue weighted by atomic mass is 19.1. The van der Waals surface area contributed by atoms with Gasteiger partial charge in [-0.2, -0.15) is 0 Å². The number of hydrogen-bond donors (Lipinski definition) is 1. The largest absolute Gasteiger partial charge is 0.313 e. The van der Waals surface area contributed by atoms with E-state index in [1.54, 1.807) is 12.1 Å². The van der Waals surface area contributed by atoms with Crippen LogP contribution in [0.25, 0.3) is 0 Å². The van der Waals surface area contributed by atoms with Crippen molar-refractivity contribution in [2.24, 2.45) is 5.92 Å². The number of carbonyl (C=O) groups excluding carboxylic acids is 1. The summed E-state index contributed by atoms with van der Waals surface area (Å²) in [5.74, 6) is 0.0363. The van der Waals surface area contributed by atoms with Crippen LogP contribution in [-0.4, -0.2) is 12.8 Å². The molecule has 0 heterocycles. The van der Waals surface area contributed by atoms with Crippen LogP contribution in [0.1, 0.15) is 42.0 Å². The van der Waals surface area contributed by atoms with Gasteiger partial charge in [-0.15, -0.1) is 0 Å². The number of nitrogens with one attached hydrogen (secondary N) is 1. The van der Waals surface area contributed by atoms with E-state index in [1.807, 2.05) is 14.0 Å².